The van der Waals surface area contributed by atoms with E-state index in [-0.39, 0.29) is 63.3 Å². The van der Waals surface area contributed by atoms with Gasteiger partial charge in [0.25, 0.3) is 0 Å². The fourth-order valence-corrected chi connectivity index (χ4v) is 0.388. The van der Waals surface area contributed by atoms with Gasteiger partial charge >= 0.3 is 0 Å². The number of hydrogen-bond donors (Lipinski definition) is 4. The zero-order valence-electron chi connectivity index (χ0n) is 14.0. The number of rotatable bonds is 5. The van der Waals surface area contributed by atoms with Crippen molar-refractivity contribution in [2.24, 2.45) is 22.9 Å². The van der Waals surface area contributed by atoms with Gasteiger partial charge in [-0.05, 0) is 6.92 Å². The molecule has 1 radical (unpaired) electrons. The second-order valence-electron chi connectivity index (χ2n) is 3.67. The quantitative estimate of drug-likeness (QED) is 0.375. The summed E-state index contributed by atoms with van der Waals surface area (Å²) < 4.78 is 4.33. The summed E-state index contributed by atoms with van der Waals surface area (Å²) in [6.45, 7) is 4.37. The summed E-state index contributed by atoms with van der Waals surface area (Å²) in [6, 6.07) is 0. The SMILES string of the molecule is CC(=O)CC(N)=O.CC(N)=O.CCC(N)=O.COCC(N)=O.[Y]. The Hall–Kier alpha value is -1.39. The van der Waals surface area contributed by atoms with Crippen molar-refractivity contribution in [3.05, 3.63) is 0 Å². The number of primary amides is 4. The monoisotopic (exact) mass is 411 g/mol. The first-order chi connectivity index (χ1) is 9.90. The first-order valence-electron chi connectivity index (χ1n) is 5.99. The molecule has 0 aromatic heterocycles. The molecule has 0 heterocycles. The van der Waals surface area contributed by atoms with E-state index in [1.165, 1.54) is 21.0 Å². The molecule has 0 saturated carbocycles. The van der Waals surface area contributed by atoms with Gasteiger partial charge in [0.15, 0.2) is 0 Å². The Kier molecular flexibility index (Phi) is 37.0. The van der Waals surface area contributed by atoms with Crippen LogP contribution in [0, 0.1) is 0 Å². The van der Waals surface area contributed by atoms with Crippen molar-refractivity contribution in [2.45, 2.75) is 33.6 Å². The van der Waals surface area contributed by atoms with E-state index in [0.717, 1.165) is 0 Å². The summed E-state index contributed by atoms with van der Waals surface area (Å²) in [6.07, 6.45) is 0.306. The van der Waals surface area contributed by atoms with E-state index in [1.54, 1.807) is 6.92 Å². The Bertz CT molecular complexity index is 347. The number of ether oxygens (including phenoxy) is 1. The Morgan fingerprint density at radius 3 is 1.13 bits per heavy atom. The summed E-state index contributed by atoms with van der Waals surface area (Å²) >= 11 is 0. The number of amides is 4. The molecule has 0 aliphatic heterocycles. The summed E-state index contributed by atoms with van der Waals surface area (Å²) in [5, 5.41) is 0. The molecular weight excluding hydrogens is 385 g/mol. The average Bonchev–Trinajstić information content (AvgIpc) is 2.27. The summed E-state index contributed by atoms with van der Waals surface area (Å²) in [4.78, 5) is 48.3. The first-order valence-corrected chi connectivity index (χ1v) is 5.99. The third-order valence-electron chi connectivity index (χ3n) is 1.06. The standard InChI is InChI=1S/C4H7NO2.C3H7NO2.C3H7NO.C2H5NO.Y/c1-3(6)2-4(5)7;1-6-2-3(4)5;1-2-3(4)5;1-2(3)4;/h2H2,1H3,(H2,5,7);2H2,1H3,(H2,4,5);2H2,1H3,(H2,4,5);1H3,(H2,3,4);. The van der Waals surface area contributed by atoms with Gasteiger partial charge in [-0.3, -0.25) is 24.0 Å². The molecule has 0 spiro atoms. The summed E-state index contributed by atoms with van der Waals surface area (Å²) in [5.41, 5.74) is 18.4. The van der Waals surface area contributed by atoms with Crippen LogP contribution in [0.2, 0.25) is 0 Å². The van der Waals surface area contributed by atoms with Crippen LogP contribution in [-0.2, 0) is 61.4 Å². The van der Waals surface area contributed by atoms with Gasteiger partial charge in [-0.25, -0.2) is 0 Å². The van der Waals surface area contributed by atoms with Crippen LogP contribution in [0.25, 0.3) is 0 Å². The van der Waals surface area contributed by atoms with Crippen molar-refractivity contribution in [1.29, 1.82) is 0 Å². The van der Waals surface area contributed by atoms with Crippen LogP contribution in [0.1, 0.15) is 33.6 Å². The number of Topliss-reactive ketones (excluding diaryl/α,β-unsaturated/α-hetero) is 1. The van der Waals surface area contributed by atoms with Crippen molar-refractivity contribution < 1.29 is 61.4 Å². The van der Waals surface area contributed by atoms with Gasteiger partial charge < -0.3 is 27.7 Å². The second-order valence-corrected chi connectivity index (χ2v) is 3.67. The molecule has 0 bridgehead atoms. The van der Waals surface area contributed by atoms with E-state index in [9.17, 15) is 24.0 Å². The fourth-order valence-electron chi connectivity index (χ4n) is 0.388. The molecule has 0 aromatic carbocycles. The van der Waals surface area contributed by atoms with Gasteiger partial charge in [0.1, 0.15) is 12.4 Å². The van der Waals surface area contributed by atoms with E-state index < -0.39 is 11.8 Å². The summed E-state index contributed by atoms with van der Waals surface area (Å²) in [5.74, 6) is -1.76. The van der Waals surface area contributed by atoms with Gasteiger partial charge in [0.05, 0.1) is 6.42 Å². The number of hydrogen-bond acceptors (Lipinski definition) is 6. The molecule has 0 aliphatic carbocycles. The molecule has 0 atom stereocenters. The van der Waals surface area contributed by atoms with Gasteiger partial charge in [0, 0.05) is 53.2 Å². The Balaban J connectivity index is -0.0000000630. The van der Waals surface area contributed by atoms with Gasteiger partial charge in [0.2, 0.25) is 23.6 Å². The van der Waals surface area contributed by atoms with Crippen molar-refractivity contribution in [1.82, 2.24) is 0 Å². The maximum atomic E-state index is 9.95. The van der Waals surface area contributed by atoms with Crippen molar-refractivity contribution in [3.8, 4) is 0 Å². The number of ketones is 1. The smallest absolute Gasteiger partial charge is 0.243 e. The van der Waals surface area contributed by atoms with Crippen molar-refractivity contribution in [2.75, 3.05) is 13.7 Å². The van der Waals surface area contributed by atoms with Gasteiger partial charge in [-0.1, -0.05) is 6.92 Å². The van der Waals surface area contributed by atoms with Crippen LogP contribution in [-0.4, -0.2) is 43.1 Å². The third-order valence-corrected chi connectivity index (χ3v) is 1.06. The van der Waals surface area contributed by atoms with Crippen molar-refractivity contribution >= 4 is 29.4 Å². The Labute approximate surface area is 160 Å². The number of carbonyl (C=O) groups is 5. The Morgan fingerprint density at radius 2 is 1.13 bits per heavy atom. The normalized spacial score (nSPS) is 7.30. The van der Waals surface area contributed by atoms with Gasteiger partial charge in [-0.2, -0.15) is 0 Å². The van der Waals surface area contributed by atoms with E-state index in [1.807, 2.05) is 0 Å². The van der Waals surface area contributed by atoms with Crippen LogP contribution < -0.4 is 22.9 Å². The molecule has 133 valence electrons. The number of carbonyl (C=O) groups excluding carboxylic acids is 5. The molecule has 0 fully saturated rings. The van der Waals surface area contributed by atoms with E-state index in [4.69, 9.17) is 0 Å². The minimum absolute atomic E-state index is 0. The largest absolute Gasteiger partial charge is 0.375 e. The second kappa shape index (κ2) is 25.6. The third kappa shape index (κ3) is 123. The van der Waals surface area contributed by atoms with E-state index >= 15 is 0 Å². The topological polar surface area (TPSA) is 199 Å². The molecule has 4 amide bonds. The van der Waals surface area contributed by atoms with Gasteiger partial charge in [-0.15, -0.1) is 0 Å². The molecule has 10 nitrogen and oxygen atoms in total. The molecule has 23 heavy (non-hydrogen) atoms. The average molecular weight is 411 g/mol. The predicted octanol–water partition coefficient (Wildman–Crippen LogP) is -2.06. The Morgan fingerprint density at radius 1 is 0.826 bits per heavy atom. The van der Waals surface area contributed by atoms with Crippen molar-refractivity contribution in [3.63, 3.8) is 0 Å². The van der Waals surface area contributed by atoms with Crippen LogP contribution in [0.3, 0.4) is 0 Å². The number of methoxy groups -OCH3 is 1. The maximum absolute atomic E-state index is 9.95. The zero-order chi connectivity index (χ0) is 18.7. The molecule has 0 unspecified atom stereocenters. The molecule has 8 N–H and O–H groups in total. The molecule has 11 heteroatoms. The van der Waals surface area contributed by atoms with Crippen LogP contribution in [0.5, 0.6) is 0 Å². The van der Waals surface area contributed by atoms with Crippen LogP contribution in [0.4, 0.5) is 0 Å². The molecule has 0 saturated heterocycles. The molecular formula is C12H26N4O6Y. The number of nitrogens with two attached hydrogens (primary N) is 4. The summed E-state index contributed by atoms with van der Waals surface area (Å²) in [7, 11) is 1.42. The van der Waals surface area contributed by atoms with Crippen LogP contribution in [0.15, 0.2) is 0 Å². The van der Waals surface area contributed by atoms with E-state index in [2.05, 4.69) is 27.7 Å². The minimum atomic E-state index is -0.562. The molecule has 0 aromatic rings. The zero-order valence-corrected chi connectivity index (χ0v) is 16.8. The minimum Gasteiger partial charge on any atom is -0.375 e. The van der Waals surface area contributed by atoms with E-state index in [0.29, 0.717) is 6.42 Å². The van der Waals surface area contributed by atoms with Crippen LogP contribution >= 0.6 is 0 Å². The first kappa shape index (κ1) is 33.3. The molecule has 0 aliphatic rings. The fraction of sp³-hybridized carbons (Fsp3) is 0.583. The molecule has 0 rings (SSSR count). The maximum Gasteiger partial charge on any atom is 0.243 e. The predicted molar refractivity (Wildman–Crippen MR) is 79.9 cm³/mol.